The third-order valence-corrected chi connectivity index (χ3v) is 4.17. The quantitative estimate of drug-likeness (QED) is 0.897. The summed E-state index contributed by atoms with van der Waals surface area (Å²) in [6, 6.07) is 8.79. The Balaban J connectivity index is 2.28. The van der Waals surface area contributed by atoms with Gasteiger partial charge in [-0.05, 0) is 44.0 Å². The number of aliphatic hydroxyl groups excluding tert-OH is 1. The van der Waals surface area contributed by atoms with Gasteiger partial charge in [0.2, 0.25) is 0 Å². The van der Waals surface area contributed by atoms with E-state index in [4.69, 9.17) is 5.73 Å². The summed E-state index contributed by atoms with van der Waals surface area (Å²) in [6.07, 6.45) is 2.20. The molecule has 2 rings (SSSR count). The molecule has 3 atom stereocenters. The van der Waals surface area contributed by atoms with E-state index in [1.165, 1.54) is 5.56 Å². The van der Waals surface area contributed by atoms with E-state index in [9.17, 15) is 5.11 Å². The first-order valence-electron chi connectivity index (χ1n) is 6.51. The molecule has 18 heavy (non-hydrogen) atoms. The van der Waals surface area contributed by atoms with Crippen LogP contribution in [0, 0.1) is 0 Å². The molecule has 1 fully saturated rings. The van der Waals surface area contributed by atoms with Crippen molar-refractivity contribution in [2.45, 2.75) is 37.9 Å². The lowest BCUT2D eigenvalue weighted by Gasteiger charge is -2.35. The summed E-state index contributed by atoms with van der Waals surface area (Å²) in [5, 5.41) is 9.48. The van der Waals surface area contributed by atoms with Gasteiger partial charge in [0.05, 0.1) is 12.6 Å². The fourth-order valence-corrected chi connectivity index (χ4v) is 3.32. The highest BCUT2D eigenvalue weighted by Crippen LogP contribution is 2.32. The summed E-state index contributed by atoms with van der Waals surface area (Å²) in [6.45, 7) is 3.28. The SMILES string of the molecule is CC(N)C(c1cccc(Br)c1)N1CCCC1CO. The van der Waals surface area contributed by atoms with Gasteiger partial charge in [0.15, 0.2) is 0 Å². The predicted octanol–water partition coefficient (Wildman–Crippen LogP) is 2.29. The molecule has 1 saturated heterocycles. The smallest absolute Gasteiger partial charge is 0.0587 e. The second-order valence-electron chi connectivity index (χ2n) is 5.08. The Labute approximate surface area is 117 Å². The average molecular weight is 313 g/mol. The first kappa shape index (κ1) is 14.0. The highest BCUT2D eigenvalue weighted by Gasteiger charge is 2.33. The van der Waals surface area contributed by atoms with E-state index in [0.717, 1.165) is 23.9 Å². The van der Waals surface area contributed by atoms with Gasteiger partial charge < -0.3 is 10.8 Å². The summed E-state index contributed by atoms with van der Waals surface area (Å²) in [4.78, 5) is 2.35. The minimum absolute atomic E-state index is 0.0476. The minimum atomic E-state index is 0.0476. The zero-order valence-electron chi connectivity index (χ0n) is 10.7. The number of benzene rings is 1. The number of hydrogen-bond donors (Lipinski definition) is 2. The molecule has 1 aliphatic heterocycles. The number of nitrogens with two attached hydrogens (primary N) is 1. The summed E-state index contributed by atoms with van der Waals surface area (Å²) in [5.41, 5.74) is 7.40. The van der Waals surface area contributed by atoms with E-state index in [2.05, 4.69) is 33.0 Å². The normalized spacial score (nSPS) is 24.1. The van der Waals surface area contributed by atoms with Crippen molar-refractivity contribution in [2.24, 2.45) is 5.73 Å². The van der Waals surface area contributed by atoms with Crippen molar-refractivity contribution in [1.82, 2.24) is 4.90 Å². The maximum atomic E-state index is 9.48. The molecule has 100 valence electrons. The van der Waals surface area contributed by atoms with Gasteiger partial charge >= 0.3 is 0 Å². The number of aliphatic hydroxyl groups is 1. The molecule has 1 aromatic rings. The largest absolute Gasteiger partial charge is 0.395 e. The number of nitrogens with zero attached hydrogens (tertiary/aromatic N) is 1. The van der Waals surface area contributed by atoms with Crippen molar-refractivity contribution in [2.75, 3.05) is 13.2 Å². The molecule has 0 bridgehead atoms. The van der Waals surface area contributed by atoms with Crippen molar-refractivity contribution in [3.05, 3.63) is 34.3 Å². The van der Waals surface area contributed by atoms with E-state index in [1.807, 2.05) is 19.1 Å². The van der Waals surface area contributed by atoms with Crippen molar-refractivity contribution in [3.8, 4) is 0 Å². The summed E-state index contributed by atoms with van der Waals surface area (Å²) < 4.78 is 1.07. The zero-order chi connectivity index (χ0) is 13.1. The highest BCUT2D eigenvalue weighted by molar-refractivity contribution is 9.10. The molecule has 4 heteroatoms. The lowest BCUT2D eigenvalue weighted by atomic mass is 9.98. The van der Waals surface area contributed by atoms with Gasteiger partial charge in [-0.3, -0.25) is 4.90 Å². The number of rotatable bonds is 4. The lowest BCUT2D eigenvalue weighted by Crippen LogP contribution is -2.43. The van der Waals surface area contributed by atoms with Crippen LogP contribution in [0.2, 0.25) is 0 Å². The predicted molar refractivity (Wildman–Crippen MR) is 77.3 cm³/mol. The molecule has 1 heterocycles. The number of likely N-dealkylation sites (tertiary alicyclic amines) is 1. The van der Waals surface area contributed by atoms with Crippen LogP contribution < -0.4 is 5.73 Å². The van der Waals surface area contributed by atoms with Crippen LogP contribution in [0.15, 0.2) is 28.7 Å². The van der Waals surface area contributed by atoms with E-state index >= 15 is 0 Å². The molecule has 0 saturated carbocycles. The van der Waals surface area contributed by atoms with Gasteiger partial charge in [0.25, 0.3) is 0 Å². The standard InChI is InChI=1S/C14H21BrN2O/c1-10(16)14(11-4-2-5-12(15)8-11)17-7-3-6-13(17)9-18/h2,4-5,8,10,13-14,18H,3,6-7,9,16H2,1H3. The fraction of sp³-hybridized carbons (Fsp3) is 0.571. The molecule has 0 radical (unpaired) electrons. The Morgan fingerprint density at radius 3 is 2.94 bits per heavy atom. The van der Waals surface area contributed by atoms with Crippen LogP contribution in [-0.2, 0) is 0 Å². The number of halogens is 1. The second kappa shape index (κ2) is 6.15. The monoisotopic (exact) mass is 312 g/mol. The van der Waals surface area contributed by atoms with Crippen molar-refractivity contribution >= 4 is 15.9 Å². The summed E-state index contributed by atoms with van der Waals surface area (Å²) in [5.74, 6) is 0. The van der Waals surface area contributed by atoms with Gasteiger partial charge in [-0.25, -0.2) is 0 Å². The van der Waals surface area contributed by atoms with Gasteiger partial charge in [-0.15, -0.1) is 0 Å². The van der Waals surface area contributed by atoms with Gasteiger partial charge in [-0.2, -0.15) is 0 Å². The Kier molecular flexibility index (Phi) is 4.78. The van der Waals surface area contributed by atoms with Crippen LogP contribution >= 0.6 is 15.9 Å². The van der Waals surface area contributed by atoms with Gasteiger partial charge in [-0.1, -0.05) is 28.1 Å². The van der Waals surface area contributed by atoms with Crippen LogP contribution in [0.25, 0.3) is 0 Å². The van der Waals surface area contributed by atoms with Gasteiger partial charge in [0, 0.05) is 16.6 Å². The minimum Gasteiger partial charge on any atom is -0.395 e. The molecule has 0 amide bonds. The Hall–Kier alpha value is -0.420. The molecule has 3 N–H and O–H groups in total. The molecule has 3 unspecified atom stereocenters. The van der Waals surface area contributed by atoms with E-state index in [-0.39, 0.29) is 24.7 Å². The van der Waals surface area contributed by atoms with E-state index < -0.39 is 0 Å². The Bertz CT molecular complexity index is 397. The van der Waals surface area contributed by atoms with E-state index in [0.29, 0.717) is 0 Å². The molecule has 0 aromatic heterocycles. The topological polar surface area (TPSA) is 49.5 Å². The summed E-state index contributed by atoms with van der Waals surface area (Å²) in [7, 11) is 0. The molecular weight excluding hydrogens is 292 g/mol. The van der Waals surface area contributed by atoms with Crippen LogP contribution in [-0.4, -0.2) is 35.2 Å². The molecule has 1 aliphatic rings. The van der Waals surface area contributed by atoms with Crippen molar-refractivity contribution < 1.29 is 5.11 Å². The second-order valence-corrected chi connectivity index (χ2v) is 5.99. The maximum absolute atomic E-state index is 9.48. The molecular formula is C14H21BrN2O. The third-order valence-electron chi connectivity index (χ3n) is 3.68. The lowest BCUT2D eigenvalue weighted by molar-refractivity contribution is 0.108. The van der Waals surface area contributed by atoms with Crippen LogP contribution in [0.4, 0.5) is 0 Å². The molecule has 0 spiro atoms. The fourth-order valence-electron chi connectivity index (χ4n) is 2.91. The Morgan fingerprint density at radius 1 is 1.56 bits per heavy atom. The highest BCUT2D eigenvalue weighted by atomic mass is 79.9. The molecule has 0 aliphatic carbocycles. The number of hydrogen-bond acceptors (Lipinski definition) is 3. The van der Waals surface area contributed by atoms with Crippen LogP contribution in [0.5, 0.6) is 0 Å². The summed E-state index contributed by atoms with van der Waals surface area (Å²) >= 11 is 3.51. The molecule has 3 nitrogen and oxygen atoms in total. The average Bonchev–Trinajstić information content (AvgIpc) is 2.77. The van der Waals surface area contributed by atoms with Crippen molar-refractivity contribution in [3.63, 3.8) is 0 Å². The van der Waals surface area contributed by atoms with Gasteiger partial charge in [0.1, 0.15) is 0 Å². The first-order valence-corrected chi connectivity index (χ1v) is 7.30. The van der Waals surface area contributed by atoms with Crippen molar-refractivity contribution in [1.29, 1.82) is 0 Å². The third kappa shape index (κ3) is 2.94. The molecule has 1 aromatic carbocycles. The van der Waals surface area contributed by atoms with Crippen LogP contribution in [0.3, 0.4) is 0 Å². The maximum Gasteiger partial charge on any atom is 0.0587 e. The first-order chi connectivity index (χ1) is 8.63. The zero-order valence-corrected chi connectivity index (χ0v) is 12.3. The van der Waals surface area contributed by atoms with Crippen LogP contribution in [0.1, 0.15) is 31.4 Å². The Morgan fingerprint density at radius 2 is 2.33 bits per heavy atom. The van der Waals surface area contributed by atoms with E-state index in [1.54, 1.807) is 0 Å².